The zero-order chi connectivity index (χ0) is 25.4. The number of piperazine rings is 1. The van der Waals surface area contributed by atoms with E-state index in [4.69, 9.17) is 9.40 Å². The van der Waals surface area contributed by atoms with Gasteiger partial charge in [-0.3, -0.25) is 14.6 Å². The van der Waals surface area contributed by atoms with Gasteiger partial charge in [-0.1, -0.05) is 78.9 Å². The van der Waals surface area contributed by atoms with Crippen molar-refractivity contribution < 1.29 is 9.21 Å². The summed E-state index contributed by atoms with van der Waals surface area (Å²) in [5.74, 6) is 1.62. The average Bonchev–Trinajstić information content (AvgIpc) is 3.62. The minimum Gasteiger partial charge on any atom is -0.439 e. The Kier molecular flexibility index (Phi) is 6.37. The highest BCUT2D eigenvalue weighted by molar-refractivity contribution is 5.93. The van der Waals surface area contributed by atoms with Crippen molar-refractivity contribution in [2.75, 3.05) is 25.0 Å². The van der Waals surface area contributed by atoms with Gasteiger partial charge in [-0.05, 0) is 31.4 Å². The molecule has 2 bridgehead atoms. The third-order valence-electron chi connectivity index (χ3n) is 7.65. The van der Waals surface area contributed by atoms with E-state index < -0.39 is 0 Å². The van der Waals surface area contributed by atoms with Gasteiger partial charge >= 0.3 is 0 Å². The fraction of sp³-hybridized carbons (Fsp3) is 0.290. The molecule has 2 atom stereocenters. The van der Waals surface area contributed by atoms with Gasteiger partial charge in [0, 0.05) is 42.0 Å². The van der Waals surface area contributed by atoms with Gasteiger partial charge in [-0.2, -0.15) is 0 Å². The van der Waals surface area contributed by atoms with Crippen LogP contribution in [-0.4, -0.2) is 52.4 Å². The molecule has 1 amide bonds. The number of amides is 1. The molecule has 6 rings (SSSR count). The van der Waals surface area contributed by atoms with Crippen LogP contribution in [0.4, 0.5) is 5.69 Å². The maximum atomic E-state index is 12.8. The van der Waals surface area contributed by atoms with Gasteiger partial charge in [-0.25, -0.2) is 4.98 Å². The van der Waals surface area contributed by atoms with Crippen molar-refractivity contribution in [1.29, 1.82) is 0 Å². The lowest BCUT2D eigenvalue weighted by molar-refractivity contribution is -0.117. The predicted octanol–water partition coefficient (Wildman–Crippen LogP) is 5.52. The number of hydrogen-bond donors (Lipinski definition) is 1. The van der Waals surface area contributed by atoms with Crippen LogP contribution in [0.2, 0.25) is 0 Å². The number of nitrogens with zero attached hydrogens (tertiary/aromatic N) is 3. The third kappa shape index (κ3) is 4.82. The quantitative estimate of drug-likeness (QED) is 0.368. The summed E-state index contributed by atoms with van der Waals surface area (Å²) in [4.78, 5) is 22.6. The molecule has 2 unspecified atom stereocenters. The van der Waals surface area contributed by atoms with Gasteiger partial charge in [0.05, 0.1) is 13.1 Å². The Bertz CT molecular complexity index is 1320. The second kappa shape index (κ2) is 9.96. The summed E-state index contributed by atoms with van der Waals surface area (Å²) in [7, 11) is 0. The second-order valence-electron chi connectivity index (χ2n) is 10.2. The molecule has 0 saturated carbocycles. The molecule has 2 aliphatic heterocycles. The molecule has 2 fully saturated rings. The Labute approximate surface area is 217 Å². The lowest BCUT2D eigenvalue weighted by atomic mass is 10.1. The number of anilines is 1. The Balaban J connectivity index is 1.13. The molecule has 1 aromatic heterocycles. The number of aryl methyl sites for hydroxylation is 2. The lowest BCUT2D eigenvalue weighted by Gasteiger charge is -2.33. The van der Waals surface area contributed by atoms with Crippen molar-refractivity contribution in [3.63, 3.8) is 0 Å². The Morgan fingerprint density at radius 3 is 2.14 bits per heavy atom. The van der Waals surface area contributed by atoms with Crippen molar-refractivity contribution in [3.8, 4) is 22.6 Å². The number of fused-ring (bicyclic) bond motifs is 2. The van der Waals surface area contributed by atoms with E-state index in [0.717, 1.165) is 64.8 Å². The van der Waals surface area contributed by atoms with E-state index >= 15 is 0 Å². The smallest absolute Gasteiger partial charge is 0.238 e. The Hall–Kier alpha value is -3.74. The van der Waals surface area contributed by atoms with Crippen LogP contribution in [0.5, 0.6) is 0 Å². The molecular formula is C31H32N4O2. The van der Waals surface area contributed by atoms with Crippen LogP contribution < -0.4 is 5.32 Å². The number of benzene rings is 3. The molecule has 4 aromatic rings. The fourth-order valence-electron chi connectivity index (χ4n) is 5.78. The van der Waals surface area contributed by atoms with E-state index in [0.29, 0.717) is 25.2 Å². The van der Waals surface area contributed by atoms with Crippen LogP contribution in [-0.2, 0) is 11.3 Å². The number of oxazole rings is 1. The largest absolute Gasteiger partial charge is 0.439 e. The maximum Gasteiger partial charge on any atom is 0.238 e. The van der Waals surface area contributed by atoms with Crippen LogP contribution in [0.25, 0.3) is 22.6 Å². The number of para-hydroxylation sites is 1. The first kappa shape index (κ1) is 23.6. The summed E-state index contributed by atoms with van der Waals surface area (Å²) in [6.07, 6.45) is 1.08. The van der Waals surface area contributed by atoms with Crippen LogP contribution in [0, 0.1) is 13.8 Å². The fourth-order valence-corrected chi connectivity index (χ4v) is 5.78. The summed E-state index contributed by atoms with van der Waals surface area (Å²) >= 11 is 0. The van der Waals surface area contributed by atoms with Gasteiger partial charge in [0.25, 0.3) is 0 Å². The predicted molar refractivity (Wildman–Crippen MR) is 146 cm³/mol. The summed E-state index contributed by atoms with van der Waals surface area (Å²) in [5, 5.41) is 3.14. The summed E-state index contributed by atoms with van der Waals surface area (Å²) in [5.41, 5.74) is 6.10. The molecular weight excluding hydrogens is 460 g/mol. The molecule has 0 aliphatic carbocycles. The monoisotopic (exact) mass is 492 g/mol. The van der Waals surface area contributed by atoms with Gasteiger partial charge < -0.3 is 9.73 Å². The van der Waals surface area contributed by atoms with Crippen molar-refractivity contribution in [3.05, 3.63) is 95.9 Å². The van der Waals surface area contributed by atoms with Crippen LogP contribution in [0.15, 0.2) is 83.3 Å². The first-order chi connectivity index (χ1) is 18.0. The van der Waals surface area contributed by atoms with Gasteiger partial charge in [0.15, 0.2) is 5.76 Å². The third-order valence-corrected chi connectivity index (χ3v) is 7.65. The zero-order valence-corrected chi connectivity index (χ0v) is 21.4. The second-order valence-corrected chi connectivity index (χ2v) is 10.2. The minimum absolute atomic E-state index is 0.0595. The van der Waals surface area contributed by atoms with Crippen LogP contribution in [0.3, 0.4) is 0 Å². The SMILES string of the molecule is Cc1cccc(C)c1NC(=O)CN1CC2CC1CN2Cc1nc(-c2ccccc2)c(-c2ccccc2)o1. The van der Waals surface area contributed by atoms with E-state index in [9.17, 15) is 4.79 Å². The number of likely N-dealkylation sites (tertiary alicyclic amines) is 2. The van der Waals surface area contributed by atoms with E-state index in [2.05, 4.69) is 39.4 Å². The number of carbonyl (C=O) groups excluding carboxylic acids is 1. The van der Waals surface area contributed by atoms with E-state index in [-0.39, 0.29) is 5.91 Å². The van der Waals surface area contributed by atoms with Crippen molar-refractivity contribution in [2.45, 2.75) is 38.9 Å². The number of hydrogen-bond acceptors (Lipinski definition) is 5. The first-order valence-electron chi connectivity index (χ1n) is 13.0. The standard InChI is InChI=1S/C31H32N4O2/c1-21-10-9-11-22(2)29(21)32-27(36)19-34-17-26-16-25(34)18-35(26)20-28-33-30(23-12-5-3-6-13-23)31(37-28)24-14-7-4-8-15-24/h3-15,25-26H,16-20H2,1-2H3,(H,32,36). The molecule has 3 aromatic carbocycles. The molecule has 188 valence electrons. The molecule has 3 heterocycles. The number of rotatable bonds is 7. The van der Waals surface area contributed by atoms with E-state index in [1.54, 1.807) is 0 Å². The highest BCUT2D eigenvalue weighted by atomic mass is 16.4. The zero-order valence-electron chi connectivity index (χ0n) is 21.4. The normalized spacial score (nSPS) is 19.4. The topological polar surface area (TPSA) is 61.6 Å². The minimum atomic E-state index is 0.0595. The molecule has 37 heavy (non-hydrogen) atoms. The van der Waals surface area contributed by atoms with Crippen LogP contribution >= 0.6 is 0 Å². The van der Waals surface area contributed by atoms with Gasteiger partial charge in [-0.15, -0.1) is 0 Å². The van der Waals surface area contributed by atoms with Crippen molar-refractivity contribution in [1.82, 2.24) is 14.8 Å². The summed E-state index contributed by atoms with van der Waals surface area (Å²) in [6.45, 7) is 6.99. The molecule has 1 N–H and O–H groups in total. The molecule has 6 heteroatoms. The molecule has 2 aliphatic rings. The summed E-state index contributed by atoms with van der Waals surface area (Å²) in [6, 6.07) is 27.3. The molecule has 0 spiro atoms. The van der Waals surface area contributed by atoms with Crippen LogP contribution in [0.1, 0.15) is 23.4 Å². The lowest BCUT2D eigenvalue weighted by Crippen LogP contribution is -2.48. The molecule has 0 radical (unpaired) electrons. The van der Waals surface area contributed by atoms with E-state index in [1.807, 2.05) is 68.4 Å². The highest BCUT2D eigenvalue weighted by Gasteiger charge is 2.44. The summed E-state index contributed by atoms with van der Waals surface area (Å²) < 4.78 is 6.37. The number of aromatic nitrogens is 1. The van der Waals surface area contributed by atoms with Gasteiger partial charge in [0.1, 0.15) is 5.69 Å². The number of carbonyl (C=O) groups is 1. The molecule has 2 saturated heterocycles. The number of nitrogens with one attached hydrogen (secondary N) is 1. The molecule has 6 nitrogen and oxygen atoms in total. The highest BCUT2D eigenvalue weighted by Crippen LogP contribution is 2.35. The maximum absolute atomic E-state index is 12.8. The average molecular weight is 493 g/mol. The Morgan fingerprint density at radius 1 is 0.865 bits per heavy atom. The van der Waals surface area contributed by atoms with E-state index in [1.165, 1.54) is 0 Å². The van der Waals surface area contributed by atoms with Crippen molar-refractivity contribution in [2.24, 2.45) is 0 Å². The van der Waals surface area contributed by atoms with Gasteiger partial charge in [0.2, 0.25) is 11.8 Å². The first-order valence-corrected chi connectivity index (χ1v) is 13.0. The Morgan fingerprint density at radius 2 is 1.49 bits per heavy atom. The van der Waals surface area contributed by atoms with Crippen molar-refractivity contribution >= 4 is 11.6 Å².